The maximum absolute atomic E-state index is 12.5. The Hall–Kier alpha value is -3.16. The van der Waals surface area contributed by atoms with Crippen molar-refractivity contribution in [2.24, 2.45) is 0 Å². The fraction of sp³-hybridized carbons (Fsp3) is 0.280. The van der Waals surface area contributed by atoms with Gasteiger partial charge < -0.3 is 19.7 Å². The standard InChI is InChI=1S/C25H24N2O4S/c28-23(26-19-7-9-20(10-8-19)27-11-13-30-14-12-27)16-31-25(29)22-15-18-6-5-17-3-1-2-4-21(17)24(18)32-22/h1-4,7-10,15H,5-6,11-14,16H2,(H,26,28). The number of carbonyl (C=O) groups excluding carboxylic acids is 2. The lowest BCUT2D eigenvalue weighted by Gasteiger charge is -2.28. The summed E-state index contributed by atoms with van der Waals surface area (Å²) in [5, 5.41) is 2.78. The zero-order chi connectivity index (χ0) is 21.9. The SMILES string of the molecule is O=C(COC(=O)c1cc2c(s1)-c1ccccc1CC2)Nc1ccc(N2CCOCC2)cc1. The second kappa shape index (κ2) is 9.14. The van der Waals surface area contributed by atoms with Crippen LogP contribution in [0.2, 0.25) is 0 Å². The number of amides is 1. The number of anilines is 2. The van der Waals surface area contributed by atoms with E-state index >= 15 is 0 Å². The zero-order valence-corrected chi connectivity index (χ0v) is 18.5. The van der Waals surface area contributed by atoms with E-state index in [1.807, 2.05) is 42.5 Å². The van der Waals surface area contributed by atoms with Gasteiger partial charge in [-0.3, -0.25) is 4.79 Å². The molecule has 0 spiro atoms. The van der Waals surface area contributed by atoms with Crippen molar-refractivity contribution < 1.29 is 19.1 Å². The monoisotopic (exact) mass is 448 g/mol. The van der Waals surface area contributed by atoms with Crippen LogP contribution in [0, 0.1) is 0 Å². The van der Waals surface area contributed by atoms with Gasteiger partial charge >= 0.3 is 5.97 Å². The molecule has 0 bridgehead atoms. The maximum atomic E-state index is 12.5. The Kier molecular flexibility index (Phi) is 5.92. The van der Waals surface area contributed by atoms with Crippen molar-refractivity contribution in [3.63, 3.8) is 0 Å². The molecule has 1 amide bonds. The molecule has 0 unspecified atom stereocenters. The number of ether oxygens (including phenoxy) is 2. The molecule has 164 valence electrons. The topological polar surface area (TPSA) is 67.9 Å². The number of benzene rings is 2. The first-order valence-corrected chi connectivity index (χ1v) is 11.6. The summed E-state index contributed by atoms with van der Waals surface area (Å²) in [7, 11) is 0. The number of hydrogen-bond donors (Lipinski definition) is 1. The number of rotatable bonds is 5. The van der Waals surface area contributed by atoms with Crippen LogP contribution in [0.5, 0.6) is 0 Å². The van der Waals surface area contributed by atoms with Gasteiger partial charge in [-0.25, -0.2) is 4.79 Å². The predicted molar refractivity (Wildman–Crippen MR) is 126 cm³/mol. The Labute approximate surface area is 190 Å². The average molecular weight is 449 g/mol. The fourth-order valence-electron chi connectivity index (χ4n) is 4.15. The highest BCUT2D eigenvalue weighted by Crippen LogP contribution is 2.39. The summed E-state index contributed by atoms with van der Waals surface area (Å²) in [5.74, 6) is -0.816. The summed E-state index contributed by atoms with van der Waals surface area (Å²) in [5.41, 5.74) is 5.44. The largest absolute Gasteiger partial charge is 0.451 e. The minimum absolute atomic E-state index is 0.316. The molecule has 1 aliphatic carbocycles. The second-order valence-electron chi connectivity index (χ2n) is 7.89. The summed E-state index contributed by atoms with van der Waals surface area (Å²) >= 11 is 1.44. The first kappa shape index (κ1) is 20.7. The van der Waals surface area contributed by atoms with E-state index < -0.39 is 5.97 Å². The van der Waals surface area contributed by atoms with Gasteiger partial charge in [0, 0.05) is 29.3 Å². The summed E-state index contributed by atoms with van der Waals surface area (Å²) in [6, 6.07) is 17.8. The number of morpholine rings is 1. The quantitative estimate of drug-likeness (QED) is 0.594. The summed E-state index contributed by atoms with van der Waals surface area (Å²) in [6.07, 6.45) is 1.89. The molecule has 1 saturated heterocycles. The molecule has 0 radical (unpaired) electrons. The first-order valence-electron chi connectivity index (χ1n) is 10.8. The molecule has 2 aromatic carbocycles. The van der Waals surface area contributed by atoms with Crippen molar-refractivity contribution in [2.75, 3.05) is 43.1 Å². The predicted octanol–water partition coefficient (Wildman–Crippen LogP) is 4.15. The number of thiophene rings is 1. The number of carbonyl (C=O) groups is 2. The molecule has 1 aromatic heterocycles. The molecular weight excluding hydrogens is 424 g/mol. The number of fused-ring (bicyclic) bond motifs is 3. The van der Waals surface area contributed by atoms with Crippen molar-refractivity contribution >= 4 is 34.6 Å². The van der Waals surface area contributed by atoms with Crippen molar-refractivity contribution in [1.29, 1.82) is 0 Å². The molecule has 1 N–H and O–H groups in total. The van der Waals surface area contributed by atoms with Gasteiger partial charge in [-0.15, -0.1) is 11.3 Å². The van der Waals surface area contributed by atoms with Gasteiger partial charge in [0.15, 0.2) is 6.61 Å². The smallest absolute Gasteiger partial charge is 0.348 e. The zero-order valence-electron chi connectivity index (χ0n) is 17.6. The minimum atomic E-state index is -0.459. The van der Waals surface area contributed by atoms with Gasteiger partial charge in [-0.05, 0) is 59.9 Å². The summed E-state index contributed by atoms with van der Waals surface area (Å²) in [4.78, 5) is 28.7. The van der Waals surface area contributed by atoms with Crippen molar-refractivity contribution in [3.8, 4) is 10.4 Å². The highest BCUT2D eigenvalue weighted by atomic mass is 32.1. The Morgan fingerprint density at radius 2 is 1.75 bits per heavy atom. The van der Waals surface area contributed by atoms with E-state index in [0.717, 1.165) is 49.7 Å². The third kappa shape index (κ3) is 4.40. The Balaban J connectivity index is 1.16. The molecule has 2 aliphatic rings. The number of esters is 1. The molecule has 1 aliphatic heterocycles. The number of nitrogens with zero attached hydrogens (tertiary/aromatic N) is 1. The molecular formula is C25H24N2O4S. The molecule has 0 saturated carbocycles. The van der Waals surface area contributed by atoms with Gasteiger partial charge in [0.25, 0.3) is 5.91 Å². The number of aryl methyl sites for hydroxylation is 2. The molecule has 2 heterocycles. The summed E-state index contributed by atoms with van der Waals surface area (Å²) in [6.45, 7) is 2.86. The van der Waals surface area contributed by atoms with Crippen molar-refractivity contribution in [3.05, 3.63) is 70.6 Å². The average Bonchev–Trinajstić information content (AvgIpc) is 3.29. The Morgan fingerprint density at radius 1 is 1.00 bits per heavy atom. The number of hydrogen-bond acceptors (Lipinski definition) is 6. The van der Waals surface area contributed by atoms with E-state index in [9.17, 15) is 9.59 Å². The lowest BCUT2D eigenvalue weighted by molar-refractivity contribution is -0.119. The van der Waals surface area contributed by atoms with E-state index in [-0.39, 0.29) is 12.5 Å². The highest BCUT2D eigenvalue weighted by molar-refractivity contribution is 7.17. The van der Waals surface area contributed by atoms with Crippen LogP contribution in [0.15, 0.2) is 54.6 Å². The van der Waals surface area contributed by atoms with Crippen LogP contribution >= 0.6 is 11.3 Å². The normalized spacial score (nSPS) is 14.9. The van der Waals surface area contributed by atoms with Crippen LogP contribution in [0.1, 0.15) is 20.8 Å². The van der Waals surface area contributed by atoms with Crippen LogP contribution < -0.4 is 10.2 Å². The van der Waals surface area contributed by atoms with Crippen LogP contribution in [0.4, 0.5) is 11.4 Å². The highest BCUT2D eigenvalue weighted by Gasteiger charge is 2.22. The molecule has 0 atom stereocenters. The molecule has 6 nitrogen and oxygen atoms in total. The van der Waals surface area contributed by atoms with Crippen molar-refractivity contribution in [1.82, 2.24) is 0 Å². The van der Waals surface area contributed by atoms with Gasteiger partial charge in [-0.2, -0.15) is 0 Å². The minimum Gasteiger partial charge on any atom is -0.451 e. The molecule has 32 heavy (non-hydrogen) atoms. The van der Waals surface area contributed by atoms with Gasteiger partial charge in [0.1, 0.15) is 4.88 Å². The first-order chi connectivity index (χ1) is 15.7. The molecule has 7 heteroatoms. The number of nitrogens with one attached hydrogen (secondary N) is 1. The van der Waals surface area contributed by atoms with E-state index in [4.69, 9.17) is 9.47 Å². The molecule has 5 rings (SSSR count). The maximum Gasteiger partial charge on any atom is 0.348 e. The van der Waals surface area contributed by atoms with Gasteiger partial charge in [0.2, 0.25) is 0 Å². The molecule has 3 aromatic rings. The van der Waals surface area contributed by atoms with Crippen LogP contribution in [-0.4, -0.2) is 44.8 Å². The third-order valence-electron chi connectivity index (χ3n) is 5.80. The van der Waals surface area contributed by atoms with E-state index in [1.165, 1.54) is 28.0 Å². The van der Waals surface area contributed by atoms with Gasteiger partial charge in [0.05, 0.1) is 13.2 Å². The van der Waals surface area contributed by atoms with Crippen LogP contribution in [0.25, 0.3) is 10.4 Å². The van der Waals surface area contributed by atoms with E-state index in [2.05, 4.69) is 22.3 Å². The lowest BCUT2D eigenvalue weighted by atomic mass is 9.91. The lowest BCUT2D eigenvalue weighted by Crippen LogP contribution is -2.36. The van der Waals surface area contributed by atoms with E-state index in [1.54, 1.807) is 0 Å². The van der Waals surface area contributed by atoms with Crippen LogP contribution in [-0.2, 0) is 27.1 Å². The third-order valence-corrected chi connectivity index (χ3v) is 6.99. The van der Waals surface area contributed by atoms with E-state index in [0.29, 0.717) is 10.6 Å². The molecule has 1 fully saturated rings. The summed E-state index contributed by atoms with van der Waals surface area (Å²) < 4.78 is 10.7. The Morgan fingerprint density at radius 3 is 2.56 bits per heavy atom. The van der Waals surface area contributed by atoms with Crippen LogP contribution in [0.3, 0.4) is 0 Å². The Bertz CT molecular complexity index is 1130. The second-order valence-corrected chi connectivity index (χ2v) is 8.94. The van der Waals surface area contributed by atoms with Crippen molar-refractivity contribution in [2.45, 2.75) is 12.8 Å². The van der Waals surface area contributed by atoms with Gasteiger partial charge in [-0.1, -0.05) is 24.3 Å². The fourth-order valence-corrected chi connectivity index (χ4v) is 5.31.